The standard InChI is InChI=1S/C12H15N3S/c1-16-12(6-7-12)8-13-11-14-9-4-2-3-5-10(9)15-11/h2-5H,6-8H2,1H3,(H2,13,14,15). The monoisotopic (exact) mass is 233 g/mol. The van der Waals surface area contributed by atoms with Gasteiger partial charge in [0.05, 0.1) is 11.0 Å². The number of H-pyrrole nitrogens is 1. The van der Waals surface area contributed by atoms with Gasteiger partial charge in [-0.2, -0.15) is 11.8 Å². The number of nitrogens with one attached hydrogen (secondary N) is 2. The van der Waals surface area contributed by atoms with Crippen LogP contribution in [0.25, 0.3) is 11.0 Å². The first-order valence-electron chi connectivity index (χ1n) is 5.55. The fourth-order valence-corrected chi connectivity index (χ4v) is 2.60. The minimum Gasteiger partial charge on any atom is -0.354 e. The Morgan fingerprint density at radius 3 is 2.94 bits per heavy atom. The van der Waals surface area contributed by atoms with Gasteiger partial charge in [0.15, 0.2) is 0 Å². The molecule has 0 amide bonds. The molecule has 2 N–H and O–H groups in total. The Morgan fingerprint density at radius 2 is 2.25 bits per heavy atom. The first kappa shape index (κ1) is 10.0. The van der Waals surface area contributed by atoms with Crippen molar-refractivity contribution in [3.8, 4) is 0 Å². The number of hydrogen-bond donors (Lipinski definition) is 2. The average Bonchev–Trinajstić information content (AvgIpc) is 2.98. The van der Waals surface area contributed by atoms with Crippen LogP contribution in [0.1, 0.15) is 12.8 Å². The van der Waals surface area contributed by atoms with Gasteiger partial charge in [-0.25, -0.2) is 4.98 Å². The zero-order chi connectivity index (χ0) is 11.0. The van der Waals surface area contributed by atoms with E-state index in [4.69, 9.17) is 0 Å². The van der Waals surface area contributed by atoms with Crippen molar-refractivity contribution in [2.45, 2.75) is 17.6 Å². The van der Waals surface area contributed by atoms with Crippen LogP contribution in [-0.4, -0.2) is 27.5 Å². The van der Waals surface area contributed by atoms with E-state index < -0.39 is 0 Å². The molecule has 1 aromatic heterocycles. The Kier molecular flexibility index (Phi) is 2.32. The van der Waals surface area contributed by atoms with Crippen LogP contribution in [0.2, 0.25) is 0 Å². The number of aromatic amines is 1. The molecule has 0 bridgehead atoms. The average molecular weight is 233 g/mol. The van der Waals surface area contributed by atoms with Crippen molar-refractivity contribution in [2.24, 2.45) is 0 Å². The number of benzene rings is 1. The Balaban J connectivity index is 1.74. The summed E-state index contributed by atoms with van der Waals surface area (Å²) in [4.78, 5) is 7.79. The van der Waals surface area contributed by atoms with Crippen LogP contribution in [0, 0.1) is 0 Å². The second-order valence-electron chi connectivity index (χ2n) is 4.34. The fourth-order valence-electron chi connectivity index (χ4n) is 1.87. The van der Waals surface area contributed by atoms with Gasteiger partial charge in [-0.1, -0.05) is 12.1 Å². The van der Waals surface area contributed by atoms with Gasteiger partial charge in [-0.3, -0.25) is 0 Å². The molecule has 1 fully saturated rings. The molecule has 0 atom stereocenters. The molecule has 2 aromatic rings. The molecule has 3 nitrogen and oxygen atoms in total. The van der Waals surface area contributed by atoms with Crippen LogP contribution in [0.4, 0.5) is 5.95 Å². The summed E-state index contributed by atoms with van der Waals surface area (Å²) in [6, 6.07) is 8.11. The van der Waals surface area contributed by atoms with Crippen molar-refractivity contribution in [1.29, 1.82) is 0 Å². The summed E-state index contributed by atoms with van der Waals surface area (Å²) in [5.74, 6) is 0.890. The molecular formula is C12H15N3S. The second-order valence-corrected chi connectivity index (χ2v) is 5.62. The van der Waals surface area contributed by atoms with Crippen molar-refractivity contribution in [2.75, 3.05) is 18.1 Å². The smallest absolute Gasteiger partial charge is 0.201 e. The lowest BCUT2D eigenvalue weighted by Gasteiger charge is -2.11. The lowest BCUT2D eigenvalue weighted by molar-refractivity contribution is 0.935. The summed E-state index contributed by atoms with van der Waals surface area (Å²) in [5, 5.41) is 3.40. The van der Waals surface area contributed by atoms with Gasteiger partial charge < -0.3 is 10.3 Å². The summed E-state index contributed by atoms with van der Waals surface area (Å²) in [6.45, 7) is 1.01. The van der Waals surface area contributed by atoms with E-state index in [2.05, 4.69) is 27.6 Å². The van der Waals surface area contributed by atoms with E-state index >= 15 is 0 Å². The van der Waals surface area contributed by atoms with Gasteiger partial charge >= 0.3 is 0 Å². The molecule has 0 spiro atoms. The molecule has 1 aliphatic carbocycles. The second kappa shape index (κ2) is 3.70. The third kappa shape index (κ3) is 1.78. The van der Waals surface area contributed by atoms with E-state index in [0.717, 1.165) is 23.5 Å². The highest BCUT2D eigenvalue weighted by Gasteiger charge is 2.41. The number of thioether (sulfide) groups is 1. The molecule has 16 heavy (non-hydrogen) atoms. The molecule has 1 aliphatic rings. The highest BCUT2D eigenvalue weighted by molar-refractivity contribution is 8.00. The van der Waals surface area contributed by atoms with E-state index in [-0.39, 0.29) is 0 Å². The topological polar surface area (TPSA) is 40.7 Å². The molecule has 0 unspecified atom stereocenters. The maximum atomic E-state index is 4.50. The van der Waals surface area contributed by atoms with Crippen LogP contribution < -0.4 is 5.32 Å². The van der Waals surface area contributed by atoms with Crippen molar-refractivity contribution in [3.63, 3.8) is 0 Å². The van der Waals surface area contributed by atoms with Crippen LogP contribution >= 0.6 is 11.8 Å². The van der Waals surface area contributed by atoms with Gasteiger partial charge in [-0.05, 0) is 31.2 Å². The molecule has 1 aromatic carbocycles. The summed E-state index contributed by atoms with van der Waals surface area (Å²) < 4.78 is 0.471. The van der Waals surface area contributed by atoms with Crippen LogP contribution in [0.5, 0.6) is 0 Å². The zero-order valence-corrected chi connectivity index (χ0v) is 10.1. The normalized spacial score (nSPS) is 17.6. The number of nitrogens with zero attached hydrogens (tertiary/aromatic N) is 1. The maximum absolute atomic E-state index is 4.50. The minimum atomic E-state index is 0.471. The summed E-state index contributed by atoms with van der Waals surface area (Å²) in [7, 11) is 0. The van der Waals surface area contributed by atoms with E-state index in [1.807, 2.05) is 30.0 Å². The predicted octanol–water partition coefficient (Wildman–Crippen LogP) is 2.87. The fraction of sp³-hybridized carbons (Fsp3) is 0.417. The maximum Gasteiger partial charge on any atom is 0.201 e. The third-order valence-corrected chi connectivity index (χ3v) is 4.63. The number of rotatable bonds is 4. The quantitative estimate of drug-likeness (QED) is 0.853. The highest BCUT2D eigenvalue weighted by Crippen LogP contribution is 2.46. The molecule has 0 aliphatic heterocycles. The third-order valence-electron chi connectivity index (χ3n) is 3.21. The first-order valence-corrected chi connectivity index (χ1v) is 6.78. The van der Waals surface area contributed by atoms with Gasteiger partial charge in [-0.15, -0.1) is 0 Å². The van der Waals surface area contributed by atoms with Gasteiger partial charge in [0, 0.05) is 11.3 Å². The Bertz CT molecular complexity index is 469. The lowest BCUT2D eigenvalue weighted by Crippen LogP contribution is -2.17. The SMILES string of the molecule is CSC1(CNc2nc3ccccc3[nH]2)CC1. The number of imidazole rings is 1. The molecule has 1 heterocycles. The zero-order valence-electron chi connectivity index (χ0n) is 9.29. The summed E-state index contributed by atoms with van der Waals surface area (Å²) in [6.07, 6.45) is 4.83. The lowest BCUT2D eigenvalue weighted by atomic mass is 10.3. The molecular weight excluding hydrogens is 218 g/mol. The van der Waals surface area contributed by atoms with Crippen LogP contribution in [0.15, 0.2) is 24.3 Å². The van der Waals surface area contributed by atoms with Gasteiger partial charge in [0.1, 0.15) is 0 Å². The molecule has 84 valence electrons. The Hall–Kier alpha value is -1.16. The van der Waals surface area contributed by atoms with Gasteiger partial charge in [0.2, 0.25) is 5.95 Å². The number of anilines is 1. The summed E-state index contributed by atoms with van der Waals surface area (Å²) in [5.41, 5.74) is 2.12. The van der Waals surface area contributed by atoms with Crippen molar-refractivity contribution in [1.82, 2.24) is 9.97 Å². The molecule has 1 saturated carbocycles. The van der Waals surface area contributed by atoms with Crippen molar-refractivity contribution < 1.29 is 0 Å². The first-order chi connectivity index (χ1) is 7.81. The van der Waals surface area contributed by atoms with Crippen molar-refractivity contribution in [3.05, 3.63) is 24.3 Å². The number of fused-ring (bicyclic) bond motifs is 1. The molecule has 3 rings (SSSR count). The van der Waals surface area contributed by atoms with E-state index in [1.165, 1.54) is 12.8 Å². The van der Waals surface area contributed by atoms with E-state index in [9.17, 15) is 0 Å². The van der Waals surface area contributed by atoms with Gasteiger partial charge in [0.25, 0.3) is 0 Å². The van der Waals surface area contributed by atoms with Crippen LogP contribution in [-0.2, 0) is 0 Å². The predicted molar refractivity (Wildman–Crippen MR) is 70.1 cm³/mol. The molecule has 0 radical (unpaired) electrons. The Labute approximate surface area is 99.0 Å². The number of aromatic nitrogens is 2. The van der Waals surface area contributed by atoms with Crippen molar-refractivity contribution >= 4 is 28.7 Å². The highest BCUT2D eigenvalue weighted by atomic mass is 32.2. The number of hydrogen-bond acceptors (Lipinski definition) is 3. The Morgan fingerprint density at radius 1 is 1.44 bits per heavy atom. The van der Waals surface area contributed by atoms with Crippen LogP contribution in [0.3, 0.4) is 0 Å². The largest absolute Gasteiger partial charge is 0.354 e. The minimum absolute atomic E-state index is 0.471. The van der Waals surface area contributed by atoms with E-state index in [0.29, 0.717) is 4.75 Å². The van der Waals surface area contributed by atoms with E-state index in [1.54, 1.807) is 0 Å². The molecule has 4 heteroatoms. The summed E-state index contributed by atoms with van der Waals surface area (Å²) >= 11 is 1.96. The number of para-hydroxylation sites is 2. The molecule has 0 saturated heterocycles.